The van der Waals surface area contributed by atoms with Gasteiger partial charge in [0.2, 0.25) is 0 Å². The number of carboxylic acids is 1. The molecule has 0 unspecified atom stereocenters. The Kier molecular flexibility index (Phi) is 4.16. The molecule has 3 nitrogen and oxygen atoms in total. The first-order chi connectivity index (χ1) is 7.13. The molecule has 1 N–H and O–H groups in total. The third-order valence-corrected chi connectivity index (χ3v) is 2.45. The van der Waals surface area contributed by atoms with Crippen molar-refractivity contribution < 1.29 is 9.90 Å². The number of hydrogen-bond acceptors (Lipinski definition) is 2. The van der Waals surface area contributed by atoms with Crippen molar-refractivity contribution in [2.75, 3.05) is 18.5 Å². The zero-order chi connectivity index (χ0) is 11.3. The maximum atomic E-state index is 10.4. The predicted octanol–water partition coefficient (Wildman–Crippen LogP) is 2.16. The van der Waals surface area contributed by atoms with E-state index in [9.17, 15) is 4.79 Å². The monoisotopic (exact) mass is 207 g/mol. The molecule has 0 aliphatic carbocycles. The van der Waals surface area contributed by atoms with Crippen LogP contribution < -0.4 is 4.90 Å². The van der Waals surface area contributed by atoms with Crippen LogP contribution in [0.2, 0.25) is 0 Å². The third-order valence-electron chi connectivity index (χ3n) is 2.45. The van der Waals surface area contributed by atoms with Gasteiger partial charge in [-0.25, -0.2) is 0 Å². The van der Waals surface area contributed by atoms with E-state index in [-0.39, 0.29) is 6.42 Å². The third kappa shape index (κ3) is 3.62. The summed E-state index contributed by atoms with van der Waals surface area (Å²) < 4.78 is 0. The summed E-state index contributed by atoms with van der Waals surface area (Å²) in [7, 11) is 1.91. The summed E-state index contributed by atoms with van der Waals surface area (Å²) in [5.74, 6) is -0.757. The van der Waals surface area contributed by atoms with E-state index in [2.05, 4.69) is 19.1 Å². The molecule has 0 saturated carbocycles. The van der Waals surface area contributed by atoms with E-state index < -0.39 is 5.97 Å². The first kappa shape index (κ1) is 11.6. The van der Waals surface area contributed by atoms with E-state index in [1.807, 2.05) is 24.1 Å². The van der Waals surface area contributed by atoms with Gasteiger partial charge in [-0.1, -0.05) is 19.1 Å². The van der Waals surface area contributed by atoms with Crippen LogP contribution in [0.5, 0.6) is 0 Å². The van der Waals surface area contributed by atoms with Crippen LogP contribution in [0.25, 0.3) is 0 Å². The number of aliphatic carboxylic acids is 1. The molecule has 0 saturated heterocycles. The Morgan fingerprint density at radius 1 is 1.33 bits per heavy atom. The lowest BCUT2D eigenvalue weighted by Gasteiger charge is -2.18. The highest BCUT2D eigenvalue weighted by molar-refractivity contribution is 5.67. The fourth-order valence-electron chi connectivity index (χ4n) is 1.38. The molecule has 1 aromatic rings. The number of anilines is 1. The Morgan fingerprint density at radius 3 is 2.40 bits per heavy atom. The molecule has 0 bridgehead atoms. The van der Waals surface area contributed by atoms with Crippen LogP contribution in [0.15, 0.2) is 24.3 Å². The average Bonchev–Trinajstić information content (AvgIpc) is 2.26. The number of carbonyl (C=O) groups is 1. The number of benzene rings is 1. The fraction of sp³-hybridized carbons (Fsp3) is 0.417. The first-order valence-electron chi connectivity index (χ1n) is 5.15. The van der Waals surface area contributed by atoms with Crippen molar-refractivity contribution >= 4 is 11.7 Å². The van der Waals surface area contributed by atoms with Gasteiger partial charge < -0.3 is 10.0 Å². The Hall–Kier alpha value is -1.51. The summed E-state index contributed by atoms with van der Waals surface area (Å²) in [5.41, 5.74) is 2.36. The van der Waals surface area contributed by atoms with E-state index in [1.54, 1.807) is 0 Å². The molecule has 3 heteroatoms. The number of nitrogens with zero attached hydrogens (tertiary/aromatic N) is 1. The van der Waals surface area contributed by atoms with Crippen molar-refractivity contribution in [2.45, 2.75) is 19.8 Å². The minimum atomic E-state index is -0.757. The number of rotatable bonds is 5. The van der Waals surface area contributed by atoms with E-state index >= 15 is 0 Å². The highest BCUT2D eigenvalue weighted by Crippen LogP contribution is 2.14. The van der Waals surface area contributed by atoms with Gasteiger partial charge in [0.25, 0.3) is 0 Å². The van der Waals surface area contributed by atoms with Crippen molar-refractivity contribution in [3.05, 3.63) is 29.8 Å². The Labute approximate surface area is 90.3 Å². The normalized spacial score (nSPS) is 10.0. The first-order valence-corrected chi connectivity index (χ1v) is 5.15. The smallest absolute Gasteiger partial charge is 0.305 e. The van der Waals surface area contributed by atoms with E-state index in [1.165, 1.54) is 5.56 Å². The van der Waals surface area contributed by atoms with Crippen molar-refractivity contribution in [1.82, 2.24) is 0 Å². The molecular formula is C12H17NO2. The van der Waals surface area contributed by atoms with Crippen LogP contribution in [0, 0.1) is 0 Å². The molecule has 0 spiro atoms. The summed E-state index contributed by atoms with van der Waals surface area (Å²) in [6.07, 6.45) is 1.20. The van der Waals surface area contributed by atoms with Crippen LogP contribution in [0.1, 0.15) is 18.9 Å². The van der Waals surface area contributed by atoms with Crippen molar-refractivity contribution in [3.63, 3.8) is 0 Å². The zero-order valence-corrected chi connectivity index (χ0v) is 9.23. The van der Waals surface area contributed by atoms with Crippen LogP contribution in [0.4, 0.5) is 5.69 Å². The number of carboxylic acid groups (broad SMARTS) is 1. The molecule has 0 aliphatic rings. The van der Waals surface area contributed by atoms with Gasteiger partial charge in [0.05, 0.1) is 6.42 Å². The number of hydrogen-bond donors (Lipinski definition) is 1. The maximum absolute atomic E-state index is 10.4. The summed E-state index contributed by atoms with van der Waals surface area (Å²) in [6, 6.07) is 8.21. The highest BCUT2D eigenvalue weighted by Gasteiger charge is 2.03. The van der Waals surface area contributed by atoms with E-state index in [0.717, 1.165) is 12.1 Å². The van der Waals surface area contributed by atoms with Gasteiger partial charge in [0.1, 0.15) is 0 Å². The van der Waals surface area contributed by atoms with Crippen LogP contribution in [0.3, 0.4) is 0 Å². The largest absolute Gasteiger partial charge is 0.481 e. The summed E-state index contributed by atoms with van der Waals surface area (Å²) >= 11 is 0. The molecule has 0 amide bonds. The second-order valence-electron chi connectivity index (χ2n) is 3.59. The van der Waals surface area contributed by atoms with Gasteiger partial charge in [0.15, 0.2) is 0 Å². The van der Waals surface area contributed by atoms with Gasteiger partial charge in [-0.3, -0.25) is 4.79 Å². The molecule has 0 fully saturated rings. The quantitative estimate of drug-likeness (QED) is 0.804. The molecular weight excluding hydrogens is 190 g/mol. The molecule has 0 radical (unpaired) electrons. The van der Waals surface area contributed by atoms with Crippen LogP contribution in [-0.2, 0) is 11.2 Å². The van der Waals surface area contributed by atoms with Crippen molar-refractivity contribution in [1.29, 1.82) is 0 Å². The minimum absolute atomic E-state index is 0.173. The van der Waals surface area contributed by atoms with Gasteiger partial charge in [-0.05, 0) is 24.1 Å². The lowest BCUT2D eigenvalue weighted by molar-refractivity contribution is -0.136. The zero-order valence-electron chi connectivity index (χ0n) is 9.23. The Bertz CT molecular complexity index is 319. The van der Waals surface area contributed by atoms with E-state index in [0.29, 0.717) is 6.54 Å². The van der Waals surface area contributed by atoms with Crippen molar-refractivity contribution in [2.24, 2.45) is 0 Å². The molecule has 1 aromatic carbocycles. The molecule has 0 atom stereocenters. The minimum Gasteiger partial charge on any atom is -0.481 e. The summed E-state index contributed by atoms with van der Waals surface area (Å²) in [6.45, 7) is 2.66. The molecule has 1 rings (SSSR count). The molecule has 15 heavy (non-hydrogen) atoms. The molecule has 0 aromatic heterocycles. The standard InChI is InChI=1S/C12H17NO2/c1-3-10-4-6-11(7-5-10)13(2)9-8-12(14)15/h4-7H,3,8-9H2,1-2H3,(H,14,15). The second kappa shape index (κ2) is 5.39. The summed E-state index contributed by atoms with van der Waals surface area (Å²) in [5, 5.41) is 8.56. The van der Waals surface area contributed by atoms with Gasteiger partial charge in [0, 0.05) is 19.3 Å². The SMILES string of the molecule is CCc1ccc(N(C)CCC(=O)O)cc1. The van der Waals surface area contributed by atoms with Crippen LogP contribution >= 0.6 is 0 Å². The number of aryl methyl sites for hydroxylation is 1. The second-order valence-corrected chi connectivity index (χ2v) is 3.59. The average molecular weight is 207 g/mol. The summed E-state index contributed by atoms with van der Waals surface area (Å²) in [4.78, 5) is 12.4. The molecule has 0 heterocycles. The van der Waals surface area contributed by atoms with Crippen LogP contribution in [-0.4, -0.2) is 24.7 Å². The van der Waals surface area contributed by atoms with Crippen molar-refractivity contribution in [3.8, 4) is 0 Å². The van der Waals surface area contributed by atoms with E-state index in [4.69, 9.17) is 5.11 Å². The lowest BCUT2D eigenvalue weighted by atomic mass is 10.1. The van der Waals surface area contributed by atoms with Gasteiger partial charge in [-0.15, -0.1) is 0 Å². The predicted molar refractivity (Wildman–Crippen MR) is 61.3 cm³/mol. The molecule has 82 valence electrons. The Morgan fingerprint density at radius 2 is 1.93 bits per heavy atom. The Balaban J connectivity index is 2.57. The molecule has 0 aliphatic heterocycles. The highest BCUT2D eigenvalue weighted by atomic mass is 16.4. The topological polar surface area (TPSA) is 40.5 Å². The van der Waals surface area contributed by atoms with Gasteiger partial charge >= 0.3 is 5.97 Å². The maximum Gasteiger partial charge on any atom is 0.305 e. The van der Waals surface area contributed by atoms with Gasteiger partial charge in [-0.2, -0.15) is 0 Å². The fourth-order valence-corrected chi connectivity index (χ4v) is 1.38. The lowest BCUT2D eigenvalue weighted by Crippen LogP contribution is -2.20.